The lowest BCUT2D eigenvalue weighted by Gasteiger charge is -2.14. The number of amides is 3. The minimum atomic E-state index is -0.842. The Morgan fingerprint density at radius 3 is 2.71 bits per heavy atom. The van der Waals surface area contributed by atoms with E-state index < -0.39 is 11.9 Å². The summed E-state index contributed by atoms with van der Waals surface area (Å²) in [5, 5.41) is 6.31. The first kappa shape index (κ1) is 14.7. The van der Waals surface area contributed by atoms with Gasteiger partial charge in [0.15, 0.2) is 0 Å². The van der Waals surface area contributed by atoms with Crippen molar-refractivity contribution in [3.63, 3.8) is 0 Å². The summed E-state index contributed by atoms with van der Waals surface area (Å²) in [6.45, 7) is 0.623. The maximum atomic E-state index is 11.4. The topological polar surface area (TPSA) is 93.2 Å². The molecule has 1 aromatic heterocycles. The predicted molar refractivity (Wildman–Crippen MR) is 77.6 cm³/mol. The molecule has 0 saturated heterocycles. The third-order valence-corrected chi connectivity index (χ3v) is 2.79. The number of nitrogens with one attached hydrogen (secondary N) is 1. The Morgan fingerprint density at radius 2 is 2.05 bits per heavy atom. The van der Waals surface area contributed by atoms with Crippen molar-refractivity contribution in [1.82, 2.24) is 20.0 Å². The van der Waals surface area contributed by atoms with Crippen LogP contribution in [0.25, 0.3) is 5.69 Å². The van der Waals surface area contributed by atoms with Gasteiger partial charge >= 0.3 is 6.03 Å². The molecule has 1 aromatic carbocycles. The van der Waals surface area contributed by atoms with E-state index in [9.17, 15) is 9.59 Å². The van der Waals surface area contributed by atoms with Gasteiger partial charge in [0.05, 0.1) is 18.4 Å². The first-order valence-electron chi connectivity index (χ1n) is 6.41. The molecule has 21 heavy (non-hydrogen) atoms. The monoisotopic (exact) mass is 287 g/mol. The van der Waals surface area contributed by atoms with Gasteiger partial charge in [0.2, 0.25) is 5.91 Å². The van der Waals surface area contributed by atoms with E-state index in [1.165, 1.54) is 0 Å². The summed E-state index contributed by atoms with van der Waals surface area (Å²) in [7, 11) is 1.78. The lowest BCUT2D eigenvalue weighted by atomic mass is 10.3. The SMILES string of the molecule is CN(CC(=O)NC(N)=O)Cc1cnn(-c2ccccc2)c1. The molecule has 2 aromatic rings. The number of benzene rings is 1. The number of urea groups is 1. The Bertz CT molecular complexity index is 623. The maximum Gasteiger partial charge on any atom is 0.318 e. The number of rotatable bonds is 5. The van der Waals surface area contributed by atoms with Crippen molar-refractivity contribution in [3.05, 3.63) is 48.3 Å². The van der Waals surface area contributed by atoms with Gasteiger partial charge in [0, 0.05) is 18.3 Å². The van der Waals surface area contributed by atoms with Crippen LogP contribution in [-0.4, -0.2) is 40.2 Å². The number of nitrogens with zero attached hydrogens (tertiary/aromatic N) is 3. The number of likely N-dealkylation sites (N-methyl/N-ethyl adjacent to an activating group) is 1. The smallest absolute Gasteiger partial charge is 0.318 e. The molecular weight excluding hydrogens is 270 g/mol. The standard InChI is InChI=1S/C14H17N5O2/c1-18(10-13(20)17-14(15)21)8-11-7-16-19(9-11)12-5-3-2-4-6-12/h2-7,9H,8,10H2,1H3,(H3,15,17,20,21). The number of nitrogens with two attached hydrogens (primary N) is 1. The third kappa shape index (κ3) is 4.43. The van der Waals surface area contributed by atoms with Crippen LogP contribution < -0.4 is 11.1 Å². The molecule has 3 N–H and O–H groups in total. The molecule has 0 radical (unpaired) electrons. The number of carbonyl (C=O) groups is 2. The van der Waals surface area contributed by atoms with Crippen molar-refractivity contribution in [2.45, 2.75) is 6.54 Å². The fraction of sp³-hybridized carbons (Fsp3) is 0.214. The number of imide groups is 1. The number of aromatic nitrogens is 2. The van der Waals surface area contributed by atoms with E-state index >= 15 is 0 Å². The Labute approximate surface area is 122 Å². The summed E-state index contributed by atoms with van der Waals surface area (Å²) in [5.41, 5.74) is 6.82. The number of carbonyl (C=O) groups excluding carboxylic acids is 2. The molecule has 0 aliphatic heterocycles. The maximum absolute atomic E-state index is 11.4. The minimum absolute atomic E-state index is 0.0828. The van der Waals surface area contributed by atoms with Crippen molar-refractivity contribution in [2.24, 2.45) is 5.73 Å². The van der Waals surface area contributed by atoms with E-state index in [0.29, 0.717) is 6.54 Å². The molecule has 0 unspecified atom stereocenters. The molecular formula is C14H17N5O2. The molecule has 0 saturated carbocycles. The molecule has 0 bridgehead atoms. The van der Waals surface area contributed by atoms with Crippen LogP contribution in [0, 0.1) is 0 Å². The first-order valence-corrected chi connectivity index (χ1v) is 6.41. The Hall–Kier alpha value is -2.67. The van der Waals surface area contributed by atoms with E-state index in [2.05, 4.69) is 5.10 Å². The Balaban J connectivity index is 1.93. The summed E-state index contributed by atoms with van der Waals surface area (Å²) in [5.74, 6) is -0.430. The Morgan fingerprint density at radius 1 is 1.33 bits per heavy atom. The van der Waals surface area contributed by atoms with Gasteiger partial charge in [0.1, 0.15) is 0 Å². The van der Waals surface area contributed by atoms with Gasteiger partial charge in [0.25, 0.3) is 0 Å². The number of para-hydroxylation sites is 1. The zero-order valence-electron chi connectivity index (χ0n) is 11.7. The van der Waals surface area contributed by atoms with Gasteiger partial charge in [-0.3, -0.25) is 15.0 Å². The fourth-order valence-electron chi connectivity index (χ4n) is 1.95. The normalized spacial score (nSPS) is 10.6. The molecule has 0 atom stereocenters. The van der Waals surface area contributed by atoms with Crippen molar-refractivity contribution in [1.29, 1.82) is 0 Å². The van der Waals surface area contributed by atoms with Crippen molar-refractivity contribution in [3.8, 4) is 5.69 Å². The fourth-order valence-corrected chi connectivity index (χ4v) is 1.95. The molecule has 2 rings (SSSR count). The minimum Gasteiger partial charge on any atom is -0.351 e. The molecule has 0 aliphatic carbocycles. The van der Waals surface area contributed by atoms with Crippen LogP contribution in [-0.2, 0) is 11.3 Å². The third-order valence-electron chi connectivity index (χ3n) is 2.79. The predicted octanol–water partition coefficient (Wildman–Crippen LogP) is 0.499. The largest absolute Gasteiger partial charge is 0.351 e. The number of hydrogen-bond acceptors (Lipinski definition) is 4. The molecule has 0 fully saturated rings. The van der Waals surface area contributed by atoms with Gasteiger partial charge in [-0.05, 0) is 19.2 Å². The summed E-state index contributed by atoms with van der Waals surface area (Å²) >= 11 is 0. The quantitative estimate of drug-likeness (QED) is 0.837. The van der Waals surface area contributed by atoms with Crippen LogP contribution in [0.2, 0.25) is 0 Å². The van der Waals surface area contributed by atoms with Crippen LogP contribution in [0.1, 0.15) is 5.56 Å². The first-order chi connectivity index (χ1) is 10.0. The van der Waals surface area contributed by atoms with Gasteiger partial charge in [-0.1, -0.05) is 18.2 Å². The number of hydrogen-bond donors (Lipinski definition) is 2. The summed E-state index contributed by atoms with van der Waals surface area (Å²) in [6, 6.07) is 8.90. The number of primary amides is 1. The summed E-state index contributed by atoms with van der Waals surface area (Å²) < 4.78 is 1.77. The van der Waals surface area contributed by atoms with Crippen LogP contribution in [0.4, 0.5) is 4.79 Å². The molecule has 0 aliphatic rings. The lowest BCUT2D eigenvalue weighted by molar-refractivity contribution is -0.120. The lowest BCUT2D eigenvalue weighted by Crippen LogP contribution is -2.40. The zero-order valence-corrected chi connectivity index (χ0v) is 11.7. The Kier molecular flexibility index (Phi) is 4.68. The van der Waals surface area contributed by atoms with Gasteiger partial charge in [-0.2, -0.15) is 5.10 Å². The van der Waals surface area contributed by atoms with Crippen molar-refractivity contribution in [2.75, 3.05) is 13.6 Å². The van der Waals surface area contributed by atoms with E-state index in [1.54, 1.807) is 22.8 Å². The van der Waals surface area contributed by atoms with E-state index in [0.717, 1.165) is 11.3 Å². The van der Waals surface area contributed by atoms with E-state index in [1.807, 2.05) is 41.8 Å². The van der Waals surface area contributed by atoms with Gasteiger partial charge in [-0.15, -0.1) is 0 Å². The van der Waals surface area contributed by atoms with Crippen LogP contribution >= 0.6 is 0 Å². The highest BCUT2D eigenvalue weighted by Gasteiger charge is 2.10. The molecule has 0 spiro atoms. The highest BCUT2D eigenvalue weighted by atomic mass is 16.2. The molecule has 1 heterocycles. The van der Waals surface area contributed by atoms with E-state index in [-0.39, 0.29) is 6.54 Å². The molecule has 7 nitrogen and oxygen atoms in total. The summed E-state index contributed by atoms with van der Waals surface area (Å²) in [4.78, 5) is 23.7. The van der Waals surface area contributed by atoms with Gasteiger partial charge in [-0.25, -0.2) is 9.48 Å². The van der Waals surface area contributed by atoms with Crippen molar-refractivity contribution < 1.29 is 9.59 Å². The average molecular weight is 287 g/mol. The molecule has 110 valence electrons. The van der Waals surface area contributed by atoms with Crippen LogP contribution in [0.5, 0.6) is 0 Å². The van der Waals surface area contributed by atoms with Gasteiger partial charge < -0.3 is 5.73 Å². The highest BCUT2D eigenvalue weighted by molar-refractivity contribution is 5.94. The van der Waals surface area contributed by atoms with E-state index in [4.69, 9.17) is 5.73 Å². The highest BCUT2D eigenvalue weighted by Crippen LogP contribution is 2.08. The second-order valence-corrected chi connectivity index (χ2v) is 4.71. The van der Waals surface area contributed by atoms with Crippen LogP contribution in [0.15, 0.2) is 42.7 Å². The zero-order chi connectivity index (χ0) is 15.2. The van der Waals surface area contributed by atoms with Crippen LogP contribution in [0.3, 0.4) is 0 Å². The van der Waals surface area contributed by atoms with Crippen molar-refractivity contribution >= 4 is 11.9 Å². The second kappa shape index (κ2) is 6.67. The molecule has 3 amide bonds. The average Bonchev–Trinajstić information content (AvgIpc) is 2.86. The molecule has 7 heteroatoms. The summed E-state index contributed by atoms with van der Waals surface area (Å²) in [6.07, 6.45) is 3.65. The second-order valence-electron chi connectivity index (χ2n) is 4.71.